The predicted molar refractivity (Wildman–Crippen MR) is 103 cm³/mol. The molecule has 8 nitrogen and oxygen atoms in total. The highest BCUT2D eigenvalue weighted by atomic mass is 16.2. The van der Waals surface area contributed by atoms with Gasteiger partial charge in [0.2, 0.25) is 11.8 Å². The molecule has 0 saturated carbocycles. The fourth-order valence-corrected chi connectivity index (χ4v) is 4.41. The van der Waals surface area contributed by atoms with Gasteiger partial charge in [-0.15, -0.1) is 0 Å². The maximum absolute atomic E-state index is 13.0. The first-order chi connectivity index (χ1) is 13.5. The molecule has 3 aliphatic rings. The van der Waals surface area contributed by atoms with Gasteiger partial charge < -0.3 is 15.5 Å². The molecule has 0 radical (unpaired) electrons. The van der Waals surface area contributed by atoms with Gasteiger partial charge in [0.25, 0.3) is 5.91 Å². The first-order valence-corrected chi connectivity index (χ1v) is 9.85. The van der Waals surface area contributed by atoms with Crippen LogP contribution >= 0.6 is 0 Å². The maximum Gasteiger partial charge on any atom is 0.255 e. The number of nitrogens with one attached hydrogen (secondary N) is 1. The molecule has 28 heavy (non-hydrogen) atoms. The highest BCUT2D eigenvalue weighted by molar-refractivity contribution is 6.05. The number of piperidine rings is 1. The molecule has 0 bridgehead atoms. The molecule has 0 aromatic heterocycles. The van der Waals surface area contributed by atoms with Crippen LogP contribution in [0.1, 0.15) is 34.3 Å². The van der Waals surface area contributed by atoms with E-state index in [1.54, 1.807) is 4.90 Å². The predicted octanol–water partition coefficient (Wildman–Crippen LogP) is -0.478. The van der Waals surface area contributed by atoms with E-state index in [4.69, 9.17) is 5.73 Å². The van der Waals surface area contributed by atoms with Gasteiger partial charge in [0.15, 0.2) is 0 Å². The van der Waals surface area contributed by atoms with Crippen LogP contribution in [0.4, 0.5) is 0 Å². The zero-order valence-electron chi connectivity index (χ0n) is 16.2. The normalized spacial score (nSPS) is 26.5. The van der Waals surface area contributed by atoms with E-state index in [2.05, 4.69) is 28.2 Å². The van der Waals surface area contributed by atoms with E-state index in [1.165, 1.54) is 0 Å². The summed E-state index contributed by atoms with van der Waals surface area (Å²) in [5, 5.41) is 2.34. The molecule has 3 N–H and O–H groups in total. The molecular formula is C20H27N5O3. The summed E-state index contributed by atoms with van der Waals surface area (Å²) in [6.07, 6.45) is 0.655. The number of carbonyl (C=O) groups is 3. The van der Waals surface area contributed by atoms with Crippen LogP contribution < -0.4 is 11.1 Å². The molecule has 0 spiro atoms. The highest BCUT2D eigenvalue weighted by Gasteiger charge is 2.39. The van der Waals surface area contributed by atoms with E-state index >= 15 is 0 Å². The maximum atomic E-state index is 13.0. The zero-order chi connectivity index (χ0) is 19.8. The summed E-state index contributed by atoms with van der Waals surface area (Å²) in [6.45, 7) is 4.69. The van der Waals surface area contributed by atoms with E-state index in [-0.39, 0.29) is 24.1 Å². The number of carbonyl (C=O) groups excluding carboxylic acids is 3. The average Bonchev–Trinajstić information content (AvgIpc) is 2.99. The minimum atomic E-state index is -0.569. The number of hydrogen-bond donors (Lipinski definition) is 2. The first kappa shape index (κ1) is 19.0. The van der Waals surface area contributed by atoms with E-state index in [1.807, 2.05) is 12.1 Å². The highest BCUT2D eigenvalue weighted by Crippen LogP contribution is 2.28. The van der Waals surface area contributed by atoms with Crippen LogP contribution in [0.5, 0.6) is 0 Å². The average molecular weight is 385 g/mol. The molecule has 150 valence electrons. The standard InChI is InChI=1S/C20H27N5O3/c1-23-6-7-24(15(9-21)12-23)10-13-2-3-14-11-25(20(28)16(14)8-13)17-4-5-18(26)22-19(17)27/h2-3,8,15,17H,4-7,9-12,21H2,1H3,(H,22,26,27). The molecule has 3 amide bonds. The number of nitrogens with two attached hydrogens (primary N) is 1. The second kappa shape index (κ2) is 7.62. The van der Waals surface area contributed by atoms with Crippen LogP contribution in [0.15, 0.2) is 18.2 Å². The number of piperazine rings is 1. The lowest BCUT2D eigenvalue weighted by atomic mass is 10.0. The van der Waals surface area contributed by atoms with Crippen molar-refractivity contribution in [1.29, 1.82) is 0 Å². The topological polar surface area (TPSA) is 99.0 Å². The van der Waals surface area contributed by atoms with Gasteiger partial charge in [0.05, 0.1) is 0 Å². The second-order valence-corrected chi connectivity index (χ2v) is 8.01. The van der Waals surface area contributed by atoms with Crippen molar-refractivity contribution in [3.05, 3.63) is 34.9 Å². The number of imide groups is 1. The van der Waals surface area contributed by atoms with Crippen molar-refractivity contribution in [3.8, 4) is 0 Å². The number of benzene rings is 1. The quantitative estimate of drug-likeness (QED) is 0.680. The lowest BCUT2D eigenvalue weighted by Crippen LogP contribution is -2.54. The Bertz CT molecular complexity index is 811. The number of rotatable bonds is 4. The molecule has 8 heteroatoms. The molecule has 2 unspecified atom stereocenters. The summed E-state index contributed by atoms with van der Waals surface area (Å²) in [7, 11) is 2.11. The summed E-state index contributed by atoms with van der Waals surface area (Å²) >= 11 is 0. The van der Waals surface area contributed by atoms with Crippen LogP contribution in [0.2, 0.25) is 0 Å². The molecule has 2 saturated heterocycles. The summed E-state index contributed by atoms with van der Waals surface area (Å²) in [6, 6.07) is 5.74. The van der Waals surface area contributed by atoms with Crippen LogP contribution in [-0.4, -0.2) is 77.7 Å². The van der Waals surface area contributed by atoms with E-state index in [9.17, 15) is 14.4 Å². The first-order valence-electron chi connectivity index (χ1n) is 9.85. The van der Waals surface area contributed by atoms with Gasteiger partial charge in [-0.1, -0.05) is 12.1 Å². The van der Waals surface area contributed by atoms with Crippen molar-refractivity contribution in [1.82, 2.24) is 20.0 Å². The van der Waals surface area contributed by atoms with Gasteiger partial charge in [-0.05, 0) is 30.7 Å². The van der Waals surface area contributed by atoms with Gasteiger partial charge >= 0.3 is 0 Å². The van der Waals surface area contributed by atoms with Crippen molar-refractivity contribution in [2.24, 2.45) is 5.73 Å². The zero-order valence-corrected chi connectivity index (χ0v) is 16.2. The SMILES string of the molecule is CN1CCN(Cc2ccc3c(c2)C(=O)N(C2CCC(=O)NC2=O)C3)C(CN)C1. The number of likely N-dealkylation sites (N-methyl/N-ethyl adjacent to an activating group) is 1. The Kier molecular flexibility index (Phi) is 5.18. The minimum absolute atomic E-state index is 0.125. The lowest BCUT2D eigenvalue weighted by Gasteiger charge is -2.39. The number of fused-ring (bicyclic) bond motifs is 1. The minimum Gasteiger partial charge on any atom is -0.329 e. The lowest BCUT2D eigenvalue weighted by molar-refractivity contribution is -0.136. The Labute approximate surface area is 164 Å². The van der Waals surface area contributed by atoms with Crippen LogP contribution in [0.3, 0.4) is 0 Å². The summed E-state index contributed by atoms with van der Waals surface area (Å²) in [4.78, 5) is 42.8. The molecule has 0 aliphatic carbocycles. The van der Waals surface area contributed by atoms with E-state index in [0.29, 0.717) is 31.1 Å². The van der Waals surface area contributed by atoms with E-state index in [0.717, 1.165) is 37.3 Å². The Balaban J connectivity index is 1.48. The van der Waals surface area contributed by atoms with Gasteiger partial charge in [0, 0.05) is 57.3 Å². The smallest absolute Gasteiger partial charge is 0.255 e. The van der Waals surface area contributed by atoms with Crippen LogP contribution in [-0.2, 0) is 22.7 Å². The summed E-state index contributed by atoms with van der Waals surface area (Å²) in [5.41, 5.74) is 8.64. The van der Waals surface area contributed by atoms with Crippen molar-refractivity contribution in [2.75, 3.05) is 33.2 Å². The number of amides is 3. The largest absolute Gasteiger partial charge is 0.329 e. The second-order valence-electron chi connectivity index (χ2n) is 8.01. The molecule has 4 rings (SSSR count). The molecule has 2 atom stereocenters. The Hall–Kier alpha value is -2.29. The third kappa shape index (κ3) is 3.55. The Morgan fingerprint density at radius 3 is 2.79 bits per heavy atom. The molecule has 3 aliphatic heterocycles. The van der Waals surface area contributed by atoms with E-state index < -0.39 is 6.04 Å². The van der Waals surface area contributed by atoms with Crippen molar-refractivity contribution in [2.45, 2.75) is 38.0 Å². The van der Waals surface area contributed by atoms with Crippen molar-refractivity contribution < 1.29 is 14.4 Å². The van der Waals surface area contributed by atoms with Crippen molar-refractivity contribution in [3.63, 3.8) is 0 Å². The Morgan fingerprint density at radius 1 is 1.21 bits per heavy atom. The monoisotopic (exact) mass is 385 g/mol. The van der Waals surface area contributed by atoms with Crippen LogP contribution in [0.25, 0.3) is 0 Å². The van der Waals surface area contributed by atoms with Gasteiger partial charge in [-0.3, -0.25) is 24.6 Å². The molecule has 1 aromatic rings. The van der Waals surface area contributed by atoms with Gasteiger partial charge in [-0.25, -0.2) is 0 Å². The Morgan fingerprint density at radius 2 is 2.04 bits per heavy atom. The third-order valence-corrected chi connectivity index (χ3v) is 6.06. The van der Waals surface area contributed by atoms with Gasteiger partial charge in [-0.2, -0.15) is 0 Å². The fourth-order valence-electron chi connectivity index (χ4n) is 4.41. The van der Waals surface area contributed by atoms with Crippen LogP contribution in [0, 0.1) is 0 Å². The molecule has 2 fully saturated rings. The summed E-state index contributed by atoms with van der Waals surface area (Å²) in [5.74, 6) is -0.768. The third-order valence-electron chi connectivity index (χ3n) is 6.06. The molecular weight excluding hydrogens is 358 g/mol. The number of hydrogen-bond acceptors (Lipinski definition) is 6. The van der Waals surface area contributed by atoms with Gasteiger partial charge in [0.1, 0.15) is 6.04 Å². The summed E-state index contributed by atoms with van der Waals surface area (Å²) < 4.78 is 0. The van der Waals surface area contributed by atoms with Crippen molar-refractivity contribution >= 4 is 17.7 Å². The molecule has 3 heterocycles. The fraction of sp³-hybridized carbons (Fsp3) is 0.550. The number of nitrogens with zero attached hydrogens (tertiary/aromatic N) is 3. The molecule has 1 aromatic carbocycles.